The zero-order valence-corrected chi connectivity index (χ0v) is 15.0. The van der Waals surface area contributed by atoms with Gasteiger partial charge in [-0.25, -0.2) is 0 Å². The first-order chi connectivity index (χ1) is 11.7. The normalized spacial score (nSPS) is 29.4. The molecule has 2 N–H and O–H groups in total. The summed E-state index contributed by atoms with van der Waals surface area (Å²) in [4.78, 5) is 14.6. The van der Waals surface area contributed by atoms with Crippen molar-refractivity contribution in [2.75, 3.05) is 46.5 Å². The molecule has 2 saturated heterocycles. The number of nitrogens with zero attached hydrogens (tertiary/aromatic N) is 1. The lowest BCUT2D eigenvalue weighted by atomic mass is 9.86. The van der Waals surface area contributed by atoms with Crippen molar-refractivity contribution in [3.63, 3.8) is 0 Å². The minimum Gasteiger partial charge on any atom is -0.379 e. The number of likely N-dealkylation sites (N-methyl/N-ethyl adjacent to an activating group) is 1. The van der Waals surface area contributed by atoms with E-state index < -0.39 is 0 Å². The molecular formula is C18H33N3O3. The molecule has 1 aliphatic carbocycles. The molecule has 0 aromatic heterocycles. The number of hydrogen-bond acceptors (Lipinski definition) is 5. The molecule has 1 saturated carbocycles. The van der Waals surface area contributed by atoms with Gasteiger partial charge in [0.15, 0.2) is 0 Å². The lowest BCUT2D eigenvalue weighted by molar-refractivity contribution is -0.128. The van der Waals surface area contributed by atoms with Crippen molar-refractivity contribution in [3.8, 4) is 0 Å². The fourth-order valence-electron chi connectivity index (χ4n) is 3.83. The van der Waals surface area contributed by atoms with Crippen molar-refractivity contribution >= 4 is 5.91 Å². The molecule has 0 aromatic rings. The molecular weight excluding hydrogens is 306 g/mol. The first-order valence-corrected chi connectivity index (χ1v) is 9.62. The third kappa shape index (κ3) is 5.15. The van der Waals surface area contributed by atoms with E-state index in [4.69, 9.17) is 9.47 Å². The Kier molecular flexibility index (Phi) is 6.89. The summed E-state index contributed by atoms with van der Waals surface area (Å²) >= 11 is 0. The maximum absolute atomic E-state index is 12.4. The van der Waals surface area contributed by atoms with Crippen molar-refractivity contribution in [1.29, 1.82) is 0 Å². The molecule has 0 aromatic carbocycles. The number of rotatable bonds is 7. The summed E-state index contributed by atoms with van der Waals surface area (Å²) in [5, 5.41) is 6.52. The minimum atomic E-state index is -0.00671. The van der Waals surface area contributed by atoms with Crippen molar-refractivity contribution in [1.82, 2.24) is 15.5 Å². The zero-order chi connectivity index (χ0) is 16.8. The van der Waals surface area contributed by atoms with Crippen LogP contribution in [-0.4, -0.2) is 75.5 Å². The van der Waals surface area contributed by atoms with Crippen LogP contribution < -0.4 is 10.6 Å². The molecule has 24 heavy (non-hydrogen) atoms. The Morgan fingerprint density at radius 1 is 1.25 bits per heavy atom. The van der Waals surface area contributed by atoms with Gasteiger partial charge in [0.05, 0.1) is 25.3 Å². The first kappa shape index (κ1) is 18.1. The number of carbonyl (C=O) groups excluding carboxylic acids is 1. The highest BCUT2D eigenvalue weighted by Crippen LogP contribution is 2.27. The fraction of sp³-hybridized carbons (Fsp3) is 0.944. The van der Waals surface area contributed by atoms with E-state index in [1.54, 1.807) is 0 Å². The van der Waals surface area contributed by atoms with E-state index in [-0.39, 0.29) is 18.1 Å². The smallest absolute Gasteiger partial charge is 0.234 e. The summed E-state index contributed by atoms with van der Waals surface area (Å²) in [7, 11) is 2.05. The van der Waals surface area contributed by atoms with E-state index >= 15 is 0 Å². The predicted molar refractivity (Wildman–Crippen MR) is 93.0 cm³/mol. The van der Waals surface area contributed by atoms with E-state index in [1.165, 1.54) is 19.3 Å². The summed E-state index contributed by atoms with van der Waals surface area (Å²) in [5.74, 6) is 0.819. The van der Waals surface area contributed by atoms with E-state index in [0.29, 0.717) is 19.2 Å². The quantitative estimate of drug-likeness (QED) is 0.717. The highest BCUT2D eigenvalue weighted by molar-refractivity contribution is 5.78. The van der Waals surface area contributed by atoms with Crippen LogP contribution in [0.3, 0.4) is 0 Å². The van der Waals surface area contributed by atoms with E-state index in [0.717, 1.165) is 51.5 Å². The Hall–Kier alpha value is -0.690. The summed E-state index contributed by atoms with van der Waals surface area (Å²) < 4.78 is 11.7. The van der Waals surface area contributed by atoms with E-state index in [9.17, 15) is 4.79 Å². The topological polar surface area (TPSA) is 62.8 Å². The molecule has 2 aliphatic heterocycles. The van der Waals surface area contributed by atoms with Gasteiger partial charge in [0.1, 0.15) is 0 Å². The van der Waals surface area contributed by atoms with Crippen molar-refractivity contribution in [2.45, 2.75) is 56.7 Å². The molecule has 3 fully saturated rings. The molecule has 0 spiro atoms. The van der Waals surface area contributed by atoms with Crippen molar-refractivity contribution in [2.24, 2.45) is 5.92 Å². The van der Waals surface area contributed by atoms with Crippen LogP contribution in [0.4, 0.5) is 0 Å². The summed E-state index contributed by atoms with van der Waals surface area (Å²) in [5.41, 5.74) is 0. The predicted octanol–water partition coefficient (Wildman–Crippen LogP) is 0.761. The highest BCUT2D eigenvalue weighted by atomic mass is 16.5. The third-order valence-electron chi connectivity index (χ3n) is 5.74. The van der Waals surface area contributed by atoms with Crippen LogP contribution in [0.2, 0.25) is 0 Å². The Labute approximate surface area is 145 Å². The highest BCUT2D eigenvalue weighted by Gasteiger charge is 2.30. The van der Waals surface area contributed by atoms with Gasteiger partial charge in [-0.2, -0.15) is 0 Å². The van der Waals surface area contributed by atoms with Gasteiger partial charge in [-0.3, -0.25) is 9.69 Å². The summed E-state index contributed by atoms with van der Waals surface area (Å²) in [6.45, 7) is 4.69. The number of ether oxygens (including phenoxy) is 2. The van der Waals surface area contributed by atoms with Crippen molar-refractivity contribution in [3.05, 3.63) is 0 Å². The van der Waals surface area contributed by atoms with Crippen LogP contribution in [0.5, 0.6) is 0 Å². The van der Waals surface area contributed by atoms with Gasteiger partial charge in [-0.05, 0) is 58.2 Å². The Balaban J connectivity index is 1.42. The van der Waals surface area contributed by atoms with Gasteiger partial charge in [0.2, 0.25) is 5.91 Å². The maximum atomic E-state index is 12.4. The molecule has 6 heteroatoms. The summed E-state index contributed by atoms with van der Waals surface area (Å²) in [6.07, 6.45) is 7.13. The average molecular weight is 339 g/mol. The SMILES string of the molecule is CN(CC(=O)N[C@@H]1COCC[C@@H]1OCC1CCC1)C1CCNCC1. The molecule has 1 amide bonds. The zero-order valence-electron chi connectivity index (χ0n) is 15.0. The van der Waals surface area contributed by atoms with E-state index in [1.807, 2.05) is 0 Å². The number of hydrogen-bond donors (Lipinski definition) is 2. The lowest BCUT2D eigenvalue weighted by Crippen LogP contribution is -2.54. The Morgan fingerprint density at radius 2 is 2.04 bits per heavy atom. The second-order valence-corrected chi connectivity index (χ2v) is 7.60. The van der Waals surface area contributed by atoms with Gasteiger partial charge in [-0.15, -0.1) is 0 Å². The minimum absolute atomic E-state index is 0.00671. The standard InChI is InChI=1S/C18H33N3O3/c1-21(15-5-8-19-9-6-15)11-18(22)20-16-13-23-10-7-17(16)24-12-14-3-2-4-14/h14-17,19H,2-13H2,1H3,(H,20,22)/t16-,17+/m1/s1. The van der Waals surface area contributed by atoms with Gasteiger partial charge in [0.25, 0.3) is 0 Å². The monoisotopic (exact) mass is 339 g/mol. The van der Waals surface area contributed by atoms with Crippen LogP contribution in [-0.2, 0) is 14.3 Å². The Bertz CT molecular complexity index is 397. The molecule has 0 unspecified atom stereocenters. The molecule has 3 rings (SSSR count). The maximum Gasteiger partial charge on any atom is 0.234 e. The molecule has 2 atom stereocenters. The Morgan fingerprint density at radius 3 is 2.75 bits per heavy atom. The largest absolute Gasteiger partial charge is 0.379 e. The molecule has 0 bridgehead atoms. The lowest BCUT2D eigenvalue weighted by Gasteiger charge is -2.35. The molecule has 6 nitrogen and oxygen atoms in total. The third-order valence-corrected chi connectivity index (χ3v) is 5.74. The second-order valence-electron chi connectivity index (χ2n) is 7.60. The van der Waals surface area contributed by atoms with Gasteiger partial charge in [-0.1, -0.05) is 6.42 Å². The van der Waals surface area contributed by atoms with Crippen LogP contribution >= 0.6 is 0 Å². The number of piperidine rings is 1. The number of amides is 1. The van der Waals surface area contributed by atoms with Crippen LogP contribution in [0.1, 0.15) is 38.5 Å². The number of carbonyl (C=O) groups is 1. The molecule has 138 valence electrons. The van der Waals surface area contributed by atoms with Crippen LogP contribution in [0.15, 0.2) is 0 Å². The van der Waals surface area contributed by atoms with Crippen LogP contribution in [0, 0.1) is 5.92 Å². The second kappa shape index (κ2) is 9.13. The molecule has 2 heterocycles. The average Bonchev–Trinajstić information content (AvgIpc) is 2.55. The van der Waals surface area contributed by atoms with Gasteiger partial charge < -0.3 is 20.1 Å². The van der Waals surface area contributed by atoms with Crippen LogP contribution in [0.25, 0.3) is 0 Å². The van der Waals surface area contributed by atoms with Crippen molar-refractivity contribution < 1.29 is 14.3 Å². The fourth-order valence-corrected chi connectivity index (χ4v) is 3.83. The van der Waals surface area contributed by atoms with E-state index in [2.05, 4.69) is 22.6 Å². The van der Waals surface area contributed by atoms with Gasteiger partial charge in [0, 0.05) is 19.3 Å². The molecule has 3 aliphatic rings. The molecule has 0 radical (unpaired) electrons. The first-order valence-electron chi connectivity index (χ1n) is 9.62. The van der Waals surface area contributed by atoms with Gasteiger partial charge >= 0.3 is 0 Å². The summed E-state index contributed by atoms with van der Waals surface area (Å²) in [6, 6.07) is 0.498. The number of nitrogens with one attached hydrogen (secondary N) is 2.